The quantitative estimate of drug-likeness (QED) is 0.520. The standard InChI is InChI=1S/C20H21BrClNO4S/c1-26-18-8-7-14(21)11-13(18)12-27-20(25)17(9-10-28-2)23-19(24)15-5-3-4-6-16(15)22/h3-8,11,17H,9-10,12H2,1-2H3,(H,23,24). The molecule has 0 saturated heterocycles. The van der Waals surface area contributed by atoms with Gasteiger partial charge in [-0.15, -0.1) is 0 Å². The highest BCUT2D eigenvalue weighted by molar-refractivity contribution is 9.10. The fraction of sp³-hybridized carbons (Fsp3) is 0.300. The van der Waals surface area contributed by atoms with E-state index in [-0.39, 0.29) is 6.61 Å². The molecule has 2 aromatic rings. The molecule has 1 atom stereocenters. The van der Waals surface area contributed by atoms with Gasteiger partial charge in [-0.2, -0.15) is 11.8 Å². The van der Waals surface area contributed by atoms with Crippen molar-refractivity contribution >= 4 is 51.2 Å². The van der Waals surface area contributed by atoms with Gasteiger partial charge >= 0.3 is 5.97 Å². The molecule has 0 heterocycles. The first-order valence-electron chi connectivity index (χ1n) is 8.49. The van der Waals surface area contributed by atoms with Gasteiger partial charge in [0.25, 0.3) is 5.91 Å². The minimum atomic E-state index is -0.769. The molecule has 0 aliphatic carbocycles. The largest absolute Gasteiger partial charge is 0.496 e. The maximum atomic E-state index is 12.6. The summed E-state index contributed by atoms with van der Waals surface area (Å²) in [6.07, 6.45) is 2.39. The zero-order valence-corrected chi connectivity index (χ0v) is 18.7. The van der Waals surface area contributed by atoms with Gasteiger partial charge in [0.15, 0.2) is 0 Å². The van der Waals surface area contributed by atoms with Gasteiger partial charge in [0, 0.05) is 10.0 Å². The maximum Gasteiger partial charge on any atom is 0.329 e. The summed E-state index contributed by atoms with van der Waals surface area (Å²) in [4.78, 5) is 25.2. The third-order valence-corrected chi connectivity index (χ3v) is 5.40. The number of ether oxygens (including phenoxy) is 2. The molecule has 5 nitrogen and oxygen atoms in total. The van der Waals surface area contributed by atoms with Crippen molar-refractivity contribution in [2.45, 2.75) is 19.1 Å². The summed E-state index contributed by atoms with van der Waals surface area (Å²) < 4.78 is 11.6. The van der Waals surface area contributed by atoms with Crippen LogP contribution in [0.5, 0.6) is 5.75 Å². The van der Waals surface area contributed by atoms with E-state index in [0.29, 0.717) is 28.5 Å². The van der Waals surface area contributed by atoms with Crippen LogP contribution in [-0.4, -0.2) is 37.0 Å². The topological polar surface area (TPSA) is 64.6 Å². The number of nitrogens with one attached hydrogen (secondary N) is 1. The van der Waals surface area contributed by atoms with Crippen LogP contribution in [0.4, 0.5) is 0 Å². The third-order valence-electron chi connectivity index (χ3n) is 3.93. The first-order valence-corrected chi connectivity index (χ1v) is 11.1. The Kier molecular flexibility index (Phi) is 9.15. The Bertz CT molecular complexity index is 834. The van der Waals surface area contributed by atoms with Gasteiger partial charge in [0.1, 0.15) is 18.4 Å². The summed E-state index contributed by atoms with van der Waals surface area (Å²) in [5, 5.41) is 3.06. The molecule has 0 aliphatic heterocycles. The van der Waals surface area contributed by atoms with Crippen molar-refractivity contribution in [2.75, 3.05) is 19.1 Å². The summed E-state index contributed by atoms with van der Waals surface area (Å²) in [6.45, 7) is 0.0409. The predicted octanol–water partition coefficient (Wildman–Crippen LogP) is 4.71. The highest BCUT2D eigenvalue weighted by Gasteiger charge is 2.24. The average molecular weight is 487 g/mol. The second-order valence-corrected chi connectivity index (χ2v) is 8.16. The normalized spacial score (nSPS) is 11.6. The zero-order chi connectivity index (χ0) is 20.5. The number of hydrogen-bond acceptors (Lipinski definition) is 5. The lowest BCUT2D eigenvalue weighted by atomic mass is 10.1. The molecule has 0 bridgehead atoms. The number of carbonyl (C=O) groups is 2. The van der Waals surface area contributed by atoms with Gasteiger partial charge in [-0.25, -0.2) is 4.79 Å². The number of halogens is 2. The van der Waals surface area contributed by atoms with Crippen LogP contribution in [0.25, 0.3) is 0 Å². The number of methoxy groups -OCH3 is 1. The van der Waals surface area contributed by atoms with Crippen molar-refractivity contribution in [3.05, 3.63) is 63.1 Å². The molecular weight excluding hydrogens is 466 g/mol. The van der Waals surface area contributed by atoms with E-state index in [0.717, 1.165) is 10.0 Å². The second kappa shape index (κ2) is 11.3. The number of thioether (sulfide) groups is 1. The highest BCUT2D eigenvalue weighted by atomic mass is 79.9. The summed E-state index contributed by atoms with van der Waals surface area (Å²) in [6, 6.07) is 11.4. The van der Waals surface area contributed by atoms with Gasteiger partial charge < -0.3 is 14.8 Å². The van der Waals surface area contributed by atoms with E-state index in [9.17, 15) is 9.59 Å². The number of amides is 1. The van der Waals surface area contributed by atoms with Gasteiger partial charge in [-0.1, -0.05) is 39.7 Å². The molecule has 2 aromatic carbocycles. The Hall–Kier alpha value is -1.70. The van der Waals surface area contributed by atoms with Crippen molar-refractivity contribution in [2.24, 2.45) is 0 Å². The fourth-order valence-electron chi connectivity index (χ4n) is 2.48. The van der Waals surface area contributed by atoms with E-state index in [2.05, 4.69) is 21.2 Å². The number of benzene rings is 2. The van der Waals surface area contributed by atoms with E-state index in [4.69, 9.17) is 21.1 Å². The second-order valence-electron chi connectivity index (χ2n) is 5.85. The van der Waals surface area contributed by atoms with Gasteiger partial charge in [-0.3, -0.25) is 4.79 Å². The molecule has 1 N–H and O–H groups in total. The molecule has 0 aromatic heterocycles. The minimum Gasteiger partial charge on any atom is -0.496 e. The van der Waals surface area contributed by atoms with E-state index >= 15 is 0 Å². The van der Waals surface area contributed by atoms with Crippen LogP contribution in [0.3, 0.4) is 0 Å². The van der Waals surface area contributed by atoms with Gasteiger partial charge in [-0.05, 0) is 48.8 Å². The Balaban J connectivity index is 2.07. The number of esters is 1. The smallest absolute Gasteiger partial charge is 0.329 e. The maximum absolute atomic E-state index is 12.6. The lowest BCUT2D eigenvalue weighted by molar-refractivity contribution is -0.147. The molecule has 0 fully saturated rings. The SMILES string of the molecule is COc1ccc(Br)cc1COC(=O)C(CCSC)NC(=O)c1ccccc1Cl. The molecule has 0 radical (unpaired) electrons. The Morgan fingerprint density at radius 2 is 2.00 bits per heavy atom. The van der Waals surface area contributed by atoms with Crippen molar-refractivity contribution in [3.8, 4) is 5.75 Å². The van der Waals surface area contributed by atoms with Crippen LogP contribution < -0.4 is 10.1 Å². The van der Waals surface area contributed by atoms with Crippen molar-refractivity contribution in [1.82, 2.24) is 5.32 Å². The average Bonchev–Trinajstić information content (AvgIpc) is 2.69. The van der Waals surface area contributed by atoms with Gasteiger partial charge in [0.05, 0.1) is 17.7 Å². The van der Waals surface area contributed by atoms with Crippen molar-refractivity contribution in [3.63, 3.8) is 0 Å². The Morgan fingerprint density at radius 1 is 1.25 bits per heavy atom. The first kappa shape index (κ1) is 22.6. The molecule has 28 heavy (non-hydrogen) atoms. The molecule has 1 unspecified atom stereocenters. The summed E-state index contributed by atoms with van der Waals surface area (Å²) >= 11 is 11.1. The number of carbonyl (C=O) groups excluding carboxylic acids is 2. The zero-order valence-electron chi connectivity index (χ0n) is 15.5. The fourth-order valence-corrected chi connectivity index (χ4v) is 3.58. The van der Waals surface area contributed by atoms with Crippen LogP contribution in [0.1, 0.15) is 22.3 Å². The summed E-state index contributed by atoms with van der Waals surface area (Å²) in [5.41, 5.74) is 1.05. The van der Waals surface area contributed by atoms with E-state index in [1.807, 2.05) is 18.4 Å². The van der Waals surface area contributed by atoms with Crippen LogP contribution in [0, 0.1) is 0 Å². The van der Waals surface area contributed by atoms with Crippen LogP contribution in [0.2, 0.25) is 5.02 Å². The molecule has 150 valence electrons. The Labute approximate surface area is 182 Å². The molecule has 0 aliphatic rings. The van der Waals surface area contributed by atoms with E-state index < -0.39 is 17.9 Å². The summed E-state index contributed by atoms with van der Waals surface area (Å²) in [5.74, 6) is 0.407. The molecule has 8 heteroatoms. The minimum absolute atomic E-state index is 0.0409. The molecular formula is C20H21BrClNO4S. The monoisotopic (exact) mass is 485 g/mol. The lowest BCUT2D eigenvalue weighted by Crippen LogP contribution is -2.42. The summed E-state index contributed by atoms with van der Waals surface area (Å²) in [7, 11) is 1.56. The molecule has 0 saturated carbocycles. The third kappa shape index (κ3) is 6.43. The van der Waals surface area contributed by atoms with E-state index in [1.54, 1.807) is 49.2 Å². The van der Waals surface area contributed by atoms with E-state index in [1.165, 1.54) is 0 Å². The lowest BCUT2D eigenvalue weighted by Gasteiger charge is -2.18. The first-order chi connectivity index (χ1) is 13.5. The Morgan fingerprint density at radius 3 is 2.68 bits per heavy atom. The predicted molar refractivity (Wildman–Crippen MR) is 116 cm³/mol. The van der Waals surface area contributed by atoms with Crippen molar-refractivity contribution in [1.29, 1.82) is 0 Å². The number of rotatable bonds is 9. The molecule has 0 spiro atoms. The van der Waals surface area contributed by atoms with Crippen molar-refractivity contribution < 1.29 is 19.1 Å². The van der Waals surface area contributed by atoms with Crippen LogP contribution in [0.15, 0.2) is 46.9 Å². The molecule has 2 rings (SSSR count). The highest BCUT2D eigenvalue weighted by Crippen LogP contribution is 2.24. The number of hydrogen-bond donors (Lipinski definition) is 1. The van der Waals surface area contributed by atoms with Crippen LogP contribution in [-0.2, 0) is 16.1 Å². The van der Waals surface area contributed by atoms with Gasteiger partial charge in [0.2, 0.25) is 0 Å². The molecule has 1 amide bonds. The van der Waals surface area contributed by atoms with Crippen LogP contribution >= 0.6 is 39.3 Å².